The zero-order valence-corrected chi connectivity index (χ0v) is 13.3. The van der Waals surface area contributed by atoms with Crippen molar-refractivity contribution in [1.82, 2.24) is 9.10 Å². The molecule has 0 aliphatic carbocycles. The van der Waals surface area contributed by atoms with Crippen molar-refractivity contribution in [2.24, 2.45) is 5.92 Å². The van der Waals surface area contributed by atoms with Crippen LogP contribution in [-0.2, 0) is 19.6 Å². The van der Waals surface area contributed by atoms with Gasteiger partial charge in [-0.2, -0.15) is 9.10 Å². The second-order valence-electron chi connectivity index (χ2n) is 4.34. The molecule has 2 N–H and O–H groups in total. The highest BCUT2D eigenvalue weighted by Crippen LogP contribution is 2.20. The van der Waals surface area contributed by atoms with Crippen LogP contribution in [0.4, 0.5) is 0 Å². The Morgan fingerprint density at radius 1 is 1.52 bits per heavy atom. The first kappa shape index (κ1) is 17.5. The lowest BCUT2D eigenvalue weighted by Gasteiger charge is -2.19. The molecule has 1 aromatic rings. The number of carboxylic acid groups (broad SMARTS) is 1. The smallest absolute Gasteiger partial charge is 0.359 e. The molecule has 10 heteroatoms. The minimum Gasteiger partial charge on any atom is -0.480 e. The number of hydrogen-bond acceptors (Lipinski definition) is 7. The van der Waals surface area contributed by atoms with Gasteiger partial charge in [-0.1, -0.05) is 20.3 Å². The van der Waals surface area contributed by atoms with E-state index in [1.807, 2.05) is 0 Å². The van der Waals surface area contributed by atoms with Gasteiger partial charge in [-0.25, -0.2) is 13.2 Å². The Morgan fingerprint density at radius 2 is 2.14 bits per heavy atom. The molecule has 0 unspecified atom stereocenters. The number of hydrogen-bond donors (Lipinski definition) is 2. The first-order valence-electron chi connectivity index (χ1n) is 6.02. The van der Waals surface area contributed by atoms with Gasteiger partial charge in [0.05, 0.1) is 7.11 Å². The normalized spacial score (nSPS) is 14.4. The van der Waals surface area contributed by atoms with Crippen LogP contribution in [0.5, 0.6) is 0 Å². The zero-order valence-electron chi connectivity index (χ0n) is 11.7. The molecule has 0 saturated carbocycles. The van der Waals surface area contributed by atoms with Gasteiger partial charge < -0.3 is 9.84 Å². The molecule has 0 aliphatic rings. The summed E-state index contributed by atoms with van der Waals surface area (Å²) in [5.74, 6) is -2.59. The van der Waals surface area contributed by atoms with E-state index in [4.69, 9.17) is 5.11 Å². The number of carboxylic acids is 1. The number of aliphatic carboxylic acids is 1. The maximum atomic E-state index is 12.3. The highest BCUT2D eigenvalue weighted by Gasteiger charge is 2.33. The number of esters is 1. The molecular weight excluding hydrogens is 320 g/mol. The Kier molecular flexibility index (Phi) is 5.81. The Labute approximate surface area is 126 Å². The van der Waals surface area contributed by atoms with Crippen LogP contribution in [0.15, 0.2) is 10.3 Å². The van der Waals surface area contributed by atoms with Gasteiger partial charge in [0, 0.05) is 5.38 Å². The summed E-state index contributed by atoms with van der Waals surface area (Å²) in [4.78, 5) is 22.3. The molecule has 0 aromatic carbocycles. The first-order valence-corrected chi connectivity index (χ1v) is 8.34. The number of carbonyl (C=O) groups is 2. The largest absolute Gasteiger partial charge is 0.480 e. The van der Waals surface area contributed by atoms with Crippen molar-refractivity contribution in [2.45, 2.75) is 31.2 Å². The van der Waals surface area contributed by atoms with Gasteiger partial charge >= 0.3 is 11.9 Å². The Bertz CT molecular complexity index is 624. The average molecular weight is 336 g/mol. The number of ether oxygens (including phenoxy) is 1. The quantitative estimate of drug-likeness (QED) is 0.703. The molecule has 1 heterocycles. The molecule has 2 atom stereocenters. The SMILES string of the molecule is CC[C@H](C)[C@H](NS(=O)(=O)c1csnc1C(=O)OC)C(=O)O. The van der Waals surface area contributed by atoms with Crippen molar-refractivity contribution in [3.63, 3.8) is 0 Å². The van der Waals surface area contributed by atoms with Crippen LogP contribution in [-0.4, -0.2) is 43.0 Å². The molecule has 118 valence electrons. The van der Waals surface area contributed by atoms with Crippen molar-refractivity contribution in [1.29, 1.82) is 0 Å². The third kappa shape index (κ3) is 3.99. The highest BCUT2D eigenvalue weighted by molar-refractivity contribution is 7.89. The molecule has 0 fully saturated rings. The lowest BCUT2D eigenvalue weighted by Crippen LogP contribution is -2.45. The summed E-state index contributed by atoms with van der Waals surface area (Å²) in [7, 11) is -3.08. The molecular formula is C11H16N2O6S2. The summed E-state index contributed by atoms with van der Waals surface area (Å²) in [6.07, 6.45) is 0.477. The molecule has 0 saturated heterocycles. The summed E-state index contributed by atoms with van der Waals surface area (Å²) in [6.45, 7) is 3.37. The third-order valence-corrected chi connectivity index (χ3v) is 5.20. The zero-order chi connectivity index (χ0) is 16.2. The van der Waals surface area contributed by atoms with Crippen molar-refractivity contribution in [3.05, 3.63) is 11.1 Å². The van der Waals surface area contributed by atoms with Crippen molar-refractivity contribution in [2.75, 3.05) is 7.11 Å². The van der Waals surface area contributed by atoms with Crippen LogP contribution in [0.25, 0.3) is 0 Å². The monoisotopic (exact) mass is 336 g/mol. The van der Waals surface area contributed by atoms with E-state index in [2.05, 4.69) is 13.8 Å². The van der Waals surface area contributed by atoms with Crippen molar-refractivity contribution >= 4 is 33.5 Å². The lowest BCUT2D eigenvalue weighted by atomic mass is 10.0. The van der Waals surface area contributed by atoms with Crippen LogP contribution >= 0.6 is 11.5 Å². The number of sulfonamides is 1. The van der Waals surface area contributed by atoms with E-state index < -0.39 is 33.9 Å². The summed E-state index contributed by atoms with van der Waals surface area (Å²) in [5, 5.41) is 10.3. The maximum absolute atomic E-state index is 12.3. The van der Waals surface area contributed by atoms with Crippen molar-refractivity contribution < 1.29 is 27.9 Å². The molecule has 1 rings (SSSR count). The molecule has 0 bridgehead atoms. The van der Waals surface area contributed by atoms with Crippen molar-refractivity contribution in [3.8, 4) is 0 Å². The van der Waals surface area contributed by atoms with E-state index in [9.17, 15) is 18.0 Å². The molecule has 0 spiro atoms. The third-order valence-electron chi connectivity index (χ3n) is 2.97. The molecule has 1 aromatic heterocycles. The standard InChI is InChI=1S/C11H16N2O6S2/c1-4-6(2)8(10(14)15)13-21(17,18)7-5-20-12-9(7)11(16)19-3/h5-6,8,13H,4H2,1-3H3,(H,14,15)/t6-,8-/m0/s1. The highest BCUT2D eigenvalue weighted by atomic mass is 32.2. The number of aromatic nitrogens is 1. The molecule has 0 radical (unpaired) electrons. The summed E-state index contributed by atoms with van der Waals surface area (Å²) in [6, 6.07) is -1.29. The molecule has 8 nitrogen and oxygen atoms in total. The number of carbonyl (C=O) groups excluding carboxylic acids is 1. The van der Waals surface area contributed by atoms with E-state index >= 15 is 0 Å². The second kappa shape index (κ2) is 6.96. The summed E-state index contributed by atoms with van der Waals surface area (Å²) >= 11 is 0.769. The van der Waals surface area contributed by atoms with E-state index in [-0.39, 0.29) is 10.6 Å². The fourth-order valence-electron chi connectivity index (χ4n) is 1.53. The minimum atomic E-state index is -4.19. The predicted molar refractivity (Wildman–Crippen MR) is 74.7 cm³/mol. The Balaban J connectivity index is 3.14. The Hall–Kier alpha value is -1.52. The second-order valence-corrected chi connectivity index (χ2v) is 6.65. The van der Waals surface area contributed by atoms with Gasteiger partial charge in [0.2, 0.25) is 10.0 Å². The van der Waals surface area contributed by atoms with E-state index in [0.717, 1.165) is 24.0 Å². The minimum absolute atomic E-state index is 0.358. The van der Waals surface area contributed by atoms with Crippen LogP contribution < -0.4 is 4.72 Å². The average Bonchev–Trinajstić information content (AvgIpc) is 2.93. The van der Waals surface area contributed by atoms with Crippen LogP contribution in [0.1, 0.15) is 30.8 Å². The fraction of sp³-hybridized carbons (Fsp3) is 0.545. The van der Waals surface area contributed by atoms with Gasteiger partial charge in [-0.15, -0.1) is 0 Å². The van der Waals surface area contributed by atoms with E-state index in [0.29, 0.717) is 6.42 Å². The topological polar surface area (TPSA) is 123 Å². The van der Waals surface area contributed by atoms with Crippen LogP contribution in [0.3, 0.4) is 0 Å². The van der Waals surface area contributed by atoms with Crippen LogP contribution in [0, 0.1) is 5.92 Å². The summed E-state index contributed by atoms with van der Waals surface area (Å²) in [5.41, 5.74) is -0.358. The van der Waals surface area contributed by atoms with E-state index in [1.165, 1.54) is 0 Å². The first-order chi connectivity index (χ1) is 9.74. The van der Waals surface area contributed by atoms with Gasteiger partial charge in [-0.3, -0.25) is 4.79 Å². The lowest BCUT2D eigenvalue weighted by molar-refractivity contribution is -0.140. The van der Waals surface area contributed by atoms with E-state index in [1.54, 1.807) is 13.8 Å². The molecule has 21 heavy (non-hydrogen) atoms. The number of nitrogens with zero attached hydrogens (tertiary/aromatic N) is 1. The van der Waals surface area contributed by atoms with Gasteiger partial charge in [0.1, 0.15) is 10.9 Å². The maximum Gasteiger partial charge on any atom is 0.359 e. The molecule has 0 amide bonds. The fourth-order valence-corrected chi connectivity index (χ4v) is 3.94. The van der Waals surface area contributed by atoms with Crippen LogP contribution in [0.2, 0.25) is 0 Å². The molecule has 0 aliphatic heterocycles. The van der Waals surface area contributed by atoms with Gasteiger partial charge in [0.25, 0.3) is 0 Å². The van der Waals surface area contributed by atoms with Gasteiger partial charge in [0.15, 0.2) is 5.69 Å². The predicted octanol–water partition coefficient (Wildman–Crippen LogP) is 0.707. The van der Waals surface area contributed by atoms with Gasteiger partial charge in [-0.05, 0) is 17.5 Å². The Morgan fingerprint density at radius 3 is 2.62 bits per heavy atom. The number of rotatable bonds is 7. The number of methoxy groups -OCH3 is 1. The number of nitrogens with one attached hydrogen (secondary N) is 1. The summed E-state index contributed by atoms with van der Waals surface area (Å²) < 4.78 is 34.7.